The Morgan fingerprint density at radius 1 is 0.633 bits per heavy atom. The van der Waals surface area contributed by atoms with Crippen molar-refractivity contribution < 1.29 is 34.8 Å². The summed E-state index contributed by atoms with van der Waals surface area (Å²) in [5.41, 5.74) is 1.62. The number of piperidine rings is 2. The van der Waals surface area contributed by atoms with Gasteiger partial charge in [0.05, 0.1) is 48.8 Å². The fourth-order valence-electron chi connectivity index (χ4n) is 9.18. The number of fused-ring (bicyclic) bond motifs is 2. The lowest BCUT2D eigenvalue weighted by Crippen LogP contribution is -2.51. The van der Waals surface area contributed by atoms with Crippen LogP contribution in [0, 0.1) is 11.8 Å². The summed E-state index contributed by atoms with van der Waals surface area (Å²) < 4.78 is 3.28. The minimum absolute atomic E-state index is 0.0235. The van der Waals surface area contributed by atoms with Crippen LogP contribution in [0.25, 0.3) is 22.3 Å². The van der Waals surface area contributed by atoms with E-state index in [1.54, 1.807) is 23.0 Å². The molecule has 0 spiro atoms. The zero-order valence-electron chi connectivity index (χ0n) is 33.2. The Kier molecular flexibility index (Phi) is 12.2. The molecule has 324 valence electrons. The molecule has 2 saturated carbocycles. The number of nitrogens with one attached hydrogen (secondary N) is 4. The highest BCUT2D eigenvalue weighted by molar-refractivity contribution is 6.29. The van der Waals surface area contributed by atoms with Crippen molar-refractivity contribution in [3.8, 4) is 0 Å². The zero-order chi connectivity index (χ0) is 42.4. The molecular weight excluding hydrogens is 823 g/mol. The number of halogens is 2. The van der Waals surface area contributed by atoms with E-state index in [0.29, 0.717) is 98.9 Å². The van der Waals surface area contributed by atoms with Crippen molar-refractivity contribution in [3.63, 3.8) is 0 Å². The first-order chi connectivity index (χ1) is 28.9. The molecule has 6 heterocycles. The van der Waals surface area contributed by atoms with Crippen LogP contribution in [0.2, 0.25) is 10.6 Å². The molecule has 23 heteroatoms. The maximum Gasteiger partial charge on any atom is 0.320 e. The van der Waals surface area contributed by atoms with Gasteiger partial charge in [0.15, 0.2) is 34.0 Å². The van der Waals surface area contributed by atoms with Gasteiger partial charge in [-0.15, -0.1) is 0 Å². The number of nitrogens with zero attached hydrogens (tertiary/aromatic N) is 10. The fourth-order valence-corrected chi connectivity index (χ4v) is 9.51. The van der Waals surface area contributed by atoms with E-state index in [-0.39, 0.29) is 53.3 Å². The number of aliphatic hydroxyl groups is 4. The maximum absolute atomic E-state index is 13.7. The number of imidazole rings is 2. The first-order valence-corrected chi connectivity index (χ1v) is 21.3. The van der Waals surface area contributed by atoms with Crippen LogP contribution >= 0.6 is 23.2 Å². The lowest BCUT2D eigenvalue weighted by molar-refractivity contribution is -0.129. The monoisotopic (exact) mass is 872 g/mol. The molecule has 0 radical (unpaired) electrons. The largest absolute Gasteiger partial charge is 0.390 e. The molecule has 4 fully saturated rings. The van der Waals surface area contributed by atoms with Crippen molar-refractivity contribution in [1.82, 2.24) is 59.5 Å². The molecule has 4 amide bonds. The van der Waals surface area contributed by atoms with Crippen LogP contribution in [0.5, 0.6) is 0 Å². The summed E-state index contributed by atoms with van der Waals surface area (Å²) in [5, 5.41) is 55.4. The van der Waals surface area contributed by atoms with Gasteiger partial charge >= 0.3 is 6.03 Å². The number of urea groups is 1. The molecule has 0 bridgehead atoms. The number of aromatic nitrogens is 8. The second kappa shape index (κ2) is 17.4. The smallest absolute Gasteiger partial charge is 0.320 e. The average Bonchev–Trinajstić information content (AvgIpc) is 3.99. The van der Waals surface area contributed by atoms with Gasteiger partial charge in [-0.2, -0.15) is 19.9 Å². The number of carbonyl (C=O) groups is 3. The van der Waals surface area contributed by atoms with Gasteiger partial charge in [-0.3, -0.25) is 9.59 Å². The van der Waals surface area contributed by atoms with Crippen molar-refractivity contribution in [1.29, 1.82) is 0 Å². The SMILES string of the molecule is CCNC(=O)[C@H]1C[C@@H](n2cnc3c(NC4CCN(C(=O)N5CCC(Nc6nc(Cl)nc7c6ncn7[C@@H]6C[C@H](C(=O)NCC)[C@@H](O)[C@H]6O)CC5)CC4)nc(Cl)nc32)[C@H](O)[C@@H]1O. The van der Waals surface area contributed by atoms with Gasteiger partial charge in [0.1, 0.15) is 12.2 Å². The predicted molar refractivity (Wildman–Crippen MR) is 218 cm³/mol. The number of likely N-dealkylation sites (tertiary alicyclic amines) is 2. The third kappa shape index (κ3) is 7.97. The second-order valence-electron chi connectivity index (χ2n) is 16.0. The molecule has 0 unspecified atom stereocenters. The lowest BCUT2D eigenvalue weighted by Gasteiger charge is -2.39. The standard InChI is InChI=1S/C37H50Cl2N14O7/c1-3-40-33(58)19-13-21(27(56)25(19)54)52-15-42-23-29(46-35(38)48-31(23)52)44-17-5-9-50(10-6-17)37(60)51-11-7-18(8-12-51)45-30-24-32(49-36(39)47-30)53(16-43-24)22-14-20(26(55)28(22)57)34(59)41-4-2/h15-22,25-28,54-57H,3-14H2,1-2H3,(H,40,58)(H,41,59)(H,44,46,48)(H,45,47,49)/t19-,20-,21+,22+,25+,26+,27-,28-/m0/s1. The lowest BCUT2D eigenvalue weighted by atomic mass is 10.0. The molecule has 4 aromatic rings. The number of hydrogen-bond donors (Lipinski definition) is 8. The van der Waals surface area contributed by atoms with E-state index >= 15 is 0 Å². The summed E-state index contributed by atoms with van der Waals surface area (Å²) in [6.07, 6.45) is 1.10. The van der Waals surface area contributed by atoms with Crippen LogP contribution in [0.15, 0.2) is 12.7 Å². The highest BCUT2D eigenvalue weighted by atomic mass is 35.5. The third-order valence-corrected chi connectivity index (χ3v) is 12.7. The molecule has 2 aliphatic carbocycles. The van der Waals surface area contributed by atoms with E-state index in [1.165, 1.54) is 12.7 Å². The molecule has 8 rings (SSSR count). The Hall–Kier alpha value is -4.67. The van der Waals surface area contributed by atoms with Gasteiger partial charge in [0.25, 0.3) is 0 Å². The molecular formula is C37H50Cl2N14O7. The van der Waals surface area contributed by atoms with E-state index < -0.39 is 48.3 Å². The Morgan fingerprint density at radius 3 is 1.38 bits per heavy atom. The molecule has 0 aromatic carbocycles. The van der Waals surface area contributed by atoms with Crippen LogP contribution in [0.1, 0.15) is 64.5 Å². The maximum atomic E-state index is 13.7. The van der Waals surface area contributed by atoms with Gasteiger partial charge < -0.3 is 60.6 Å². The molecule has 2 aliphatic heterocycles. The Bertz CT molecular complexity index is 2080. The highest BCUT2D eigenvalue weighted by Gasteiger charge is 2.47. The van der Waals surface area contributed by atoms with Gasteiger partial charge in [-0.1, -0.05) is 0 Å². The highest BCUT2D eigenvalue weighted by Crippen LogP contribution is 2.39. The van der Waals surface area contributed by atoms with Gasteiger partial charge in [0, 0.05) is 51.4 Å². The molecule has 8 atom stereocenters. The number of hydrogen-bond acceptors (Lipinski definition) is 15. The molecule has 60 heavy (non-hydrogen) atoms. The Labute approximate surface area is 354 Å². The average molecular weight is 874 g/mol. The van der Waals surface area contributed by atoms with Crippen LogP contribution < -0.4 is 21.3 Å². The number of carbonyl (C=O) groups excluding carboxylic acids is 3. The Balaban J connectivity index is 0.852. The topological polar surface area (TPSA) is 274 Å². The van der Waals surface area contributed by atoms with Crippen molar-refractivity contribution in [2.75, 3.05) is 49.9 Å². The van der Waals surface area contributed by atoms with Gasteiger partial charge in [0.2, 0.25) is 22.4 Å². The summed E-state index contributed by atoms with van der Waals surface area (Å²) in [6, 6.07) is -1.40. The van der Waals surface area contributed by atoms with E-state index in [9.17, 15) is 34.8 Å². The molecule has 2 saturated heterocycles. The van der Waals surface area contributed by atoms with Crippen molar-refractivity contribution in [2.45, 2.75) is 101 Å². The van der Waals surface area contributed by atoms with Gasteiger partial charge in [-0.05, 0) is 75.6 Å². The van der Waals surface area contributed by atoms with Crippen molar-refractivity contribution >= 4 is 75.0 Å². The fraction of sp³-hybridized carbons (Fsp3) is 0.649. The van der Waals surface area contributed by atoms with E-state index in [2.05, 4.69) is 51.2 Å². The normalized spacial score (nSPS) is 27.8. The second-order valence-corrected chi connectivity index (χ2v) is 16.7. The molecule has 21 nitrogen and oxygen atoms in total. The number of anilines is 2. The van der Waals surface area contributed by atoms with E-state index in [4.69, 9.17) is 23.2 Å². The third-order valence-electron chi connectivity index (χ3n) is 12.4. The van der Waals surface area contributed by atoms with Gasteiger partial charge in [-0.25, -0.2) is 14.8 Å². The van der Waals surface area contributed by atoms with Crippen LogP contribution in [0.4, 0.5) is 16.4 Å². The predicted octanol–water partition coefficient (Wildman–Crippen LogP) is 0.683. The Morgan fingerprint density at radius 2 is 1.02 bits per heavy atom. The summed E-state index contributed by atoms with van der Waals surface area (Å²) in [4.78, 5) is 69.1. The first-order valence-electron chi connectivity index (χ1n) is 20.5. The number of aliphatic hydroxyl groups excluding tert-OH is 4. The van der Waals surface area contributed by atoms with Crippen molar-refractivity contribution in [3.05, 3.63) is 23.2 Å². The molecule has 8 N–H and O–H groups in total. The number of rotatable bonds is 10. The van der Waals surface area contributed by atoms with E-state index in [1.807, 2.05) is 9.80 Å². The summed E-state index contributed by atoms with van der Waals surface area (Å²) in [6.45, 7) is 6.49. The summed E-state index contributed by atoms with van der Waals surface area (Å²) in [7, 11) is 0. The number of amides is 4. The molecule has 4 aromatic heterocycles. The van der Waals surface area contributed by atoms with Crippen LogP contribution in [-0.4, -0.2) is 163 Å². The summed E-state index contributed by atoms with van der Waals surface area (Å²) in [5.74, 6) is -1.37. The van der Waals surface area contributed by atoms with Crippen molar-refractivity contribution in [2.24, 2.45) is 11.8 Å². The first kappa shape index (κ1) is 42.0. The zero-order valence-corrected chi connectivity index (χ0v) is 34.7. The minimum Gasteiger partial charge on any atom is -0.390 e. The quantitative estimate of drug-likeness (QED) is 0.102. The van der Waals surface area contributed by atoms with Crippen LogP contribution in [-0.2, 0) is 9.59 Å². The summed E-state index contributed by atoms with van der Waals surface area (Å²) >= 11 is 12.7. The minimum atomic E-state index is -1.24. The van der Waals surface area contributed by atoms with Crippen LogP contribution in [0.3, 0.4) is 0 Å². The van der Waals surface area contributed by atoms with E-state index in [0.717, 1.165) is 0 Å². The molecule has 4 aliphatic rings.